The summed E-state index contributed by atoms with van der Waals surface area (Å²) in [4.78, 5) is 11.5. The molecule has 1 heterocycles. The van der Waals surface area contributed by atoms with Crippen molar-refractivity contribution in [1.82, 2.24) is 9.88 Å². The van der Waals surface area contributed by atoms with Gasteiger partial charge in [0.05, 0.1) is 6.10 Å². The van der Waals surface area contributed by atoms with Crippen LogP contribution in [0.4, 0.5) is 0 Å². The number of hydrogen-bond donors (Lipinski definition) is 2. The highest BCUT2D eigenvalue weighted by molar-refractivity contribution is 5.76. The van der Waals surface area contributed by atoms with Crippen molar-refractivity contribution in [3.8, 4) is 0 Å². The molecule has 0 saturated heterocycles. The van der Waals surface area contributed by atoms with Crippen LogP contribution in [0.2, 0.25) is 0 Å². The van der Waals surface area contributed by atoms with Crippen molar-refractivity contribution in [2.24, 2.45) is 0 Å². The zero-order chi connectivity index (χ0) is 11.5. The lowest BCUT2D eigenvalue weighted by atomic mass is 10.1. The van der Waals surface area contributed by atoms with Crippen LogP contribution in [0.5, 0.6) is 0 Å². The third-order valence-corrected chi connectivity index (χ3v) is 2.81. The predicted molar refractivity (Wildman–Crippen MR) is 60.8 cm³/mol. The Morgan fingerprint density at radius 2 is 2.44 bits per heavy atom. The SMILES string of the molecule is CCC(O)c1ccn(CC(=O)NC2CC2)c1. The zero-order valence-corrected chi connectivity index (χ0v) is 9.52. The minimum absolute atomic E-state index is 0.0515. The Bertz CT molecular complexity index is 369. The molecule has 88 valence electrons. The maximum Gasteiger partial charge on any atom is 0.240 e. The van der Waals surface area contributed by atoms with Crippen molar-refractivity contribution in [2.75, 3.05) is 0 Å². The fourth-order valence-electron chi connectivity index (χ4n) is 1.66. The topological polar surface area (TPSA) is 54.3 Å². The van der Waals surface area contributed by atoms with Crippen LogP contribution in [0.15, 0.2) is 18.5 Å². The molecule has 0 spiro atoms. The highest BCUT2D eigenvalue weighted by atomic mass is 16.3. The second kappa shape index (κ2) is 4.70. The van der Waals surface area contributed by atoms with Crippen molar-refractivity contribution in [1.29, 1.82) is 0 Å². The minimum atomic E-state index is -0.423. The molecule has 1 aromatic heterocycles. The quantitative estimate of drug-likeness (QED) is 0.786. The smallest absolute Gasteiger partial charge is 0.240 e. The number of aliphatic hydroxyl groups excluding tert-OH is 1. The fraction of sp³-hybridized carbons (Fsp3) is 0.583. The van der Waals surface area contributed by atoms with Gasteiger partial charge in [0.2, 0.25) is 5.91 Å². The van der Waals surface area contributed by atoms with E-state index in [2.05, 4.69) is 5.32 Å². The highest BCUT2D eigenvalue weighted by Crippen LogP contribution is 2.19. The van der Waals surface area contributed by atoms with E-state index in [1.807, 2.05) is 30.0 Å². The molecular formula is C12H18N2O2. The van der Waals surface area contributed by atoms with Gasteiger partial charge in [-0.15, -0.1) is 0 Å². The van der Waals surface area contributed by atoms with E-state index in [0.717, 1.165) is 18.4 Å². The Hall–Kier alpha value is -1.29. The summed E-state index contributed by atoms with van der Waals surface area (Å²) in [5.41, 5.74) is 0.877. The lowest BCUT2D eigenvalue weighted by Gasteiger charge is -2.05. The van der Waals surface area contributed by atoms with Crippen LogP contribution >= 0.6 is 0 Å². The predicted octanol–water partition coefficient (Wildman–Crippen LogP) is 1.21. The number of aromatic nitrogens is 1. The van der Waals surface area contributed by atoms with Gasteiger partial charge in [0.25, 0.3) is 0 Å². The van der Waals surface area contributed by atoms with Gasteiger partial charge in [-0.25, -0.2) is 0 Å². The lowest BCUT2D eigenvalue weighted by Crippen LogP contribution is -2.28. The summed E-state index contributed by atoms with van der Waals surface area (Å²) in [6.07, 6.45) is 6.15. The van der Waals surface area contributed by atoms with Crippen molar-refractivity contribution < 1.29 is 9.90 Å². The number of carbonyl (C=O) groups is 1. The molecule has 1 unspecified atom stereocenters. The summed E-state index contributed by atoms with van der Waals surface area (Å²) in [6, 6.07) is 2.27. The molecule has 0 aromatic carbocycles. The van der Waals surface area contributed by atoms with Crippen LogP contribution in [0, 0.1) is 0 Å². The van der Waals surface area contributed by atoms with E-state index in [-0.39, 0.29) is 5.91 Å². The van der Waals surface area contributed by atoms with E-state index < -0.39 is 6.10 Å². The van der Waals surface area contributed by atoms with Gasteiger partial charge in [0.15, 0.2) is 0 Å². The van der Waals surface area contributed by atoms with Gasteiger partial charge in [-0.2, -0.15) is 0 Å². The van der Waals surface area contributed by atoms with Crippen molar-refractivity contribution >= 4 is 5.91 Å². The second-order valence-corrected chi connectivity index (χ2v) is 4.38. The first kappa shape index (κ1) is 11.2. The molecule has 16 heavy (non-hydrogen) atoms. The van der Waals surface area contributed by atoms with Gasteiger partial charge in [-0.05, 0) is 30.9 Å². The number of carbonyl (C=O) groups excluding carboxylic acids is 1. The monoisotopic (exact) mass is 222 g/mol. The summed E-state index contributed by atoms with van der Waals surface area (Å²) in [5.74, 6) is 0.0515. The third kappa shape index (κ3) is 2.85. The molecule has 1 aliphatic rings. The lowest BCUT2D eigenvalue weighted by molar-refractivity contribution is -0.121. The van der Waals surface area contributed by atoms with Crippen LogP contribution in [-0.4, -0.2) is 21.6 Å². The van der Waals surface area contributed by atoms with Crippen LogP contribution in [-0.2, 0) is 11.3 Å². The molecule has 4 nitrogen and oxygen atoms in total. The molecule has 1 aromatic rings. The number of amides is 1. The fourth-order valence-corrected chi connectivity index (χ4v) is 1.66. The average molecular weight is 222 g/mol. The van der Waals surface area contributed by atoms with Crippen molar-refractivity contribution in [2.45, 2.75) is 44.9 Å². The highest BCUT2D eigenvalue weighted by Gasteiger charge is 2.23. The van der Waals surface area contributed by atoms with Gasteiger partial charge in [0.1, 0.15) is 6.54 Å². The number of hydrogen-bond acceptors (Lipinski definition) is 2. The summed E-state index contributed by atoms with van der Waals surface area (Å²) in [6.45, 7) is 2.27. The molecule has 2 rings (SSSR count). The number of nitrogens with zero attached hydrogens (tertiary/aromatic N) is 1. The van der Waals surface area contributed by atoms with E-state index in [1.165, 1.54) is 0 Å². The first-order chi connectivity index (χ1) is 7.69. The average Bonchev–Trinajstić information content (AvgIpc) is 2.94. The van der Waals surface area contributed by atoms with Gasteiger partial charge < -0.3 is 15.0 Å². The van der Waals surface area contributed by atoms with Gasteiger partial charge in [-0.1, -0.05) is 6.92 Å². The molecule has 2 N–H and O–H groups in total. The van der Waals surface area contributed by atoms with E-state index >= 15 is 0 Å². The van der Waals surface area contributed by atoms with Gasteiger partial charge in [-0.3, -0.25) is 4.79 Å². The Morgan fingerprint density at radius 1 is 1.69 bits per heavy atom. The summed E-state index contributed by atoms with van der Waals surface area (Å²) >= 11 is 0. The van der Waals surface area contributed by atoms with E-state index in [4.69, 9.17) is 0 Å². The Labute approximate surface area is 95.3 Å². The second-order valence-electron chi connectivity index (χ2n) is 4.38. The minimum Gasteiger partial charge on any atom is -0.388 e. The molecule has 1 saturated carbocycles. The molecule has 1 atom stereocenters. The summed E-state index contributed by atoms with van der Waals surface area (Å²) < 4.78 is 1.81. The number of aliphatic hydroxyl groups is 1. The molecule has 0 bridgehead atoms. The van der Waals surface area contributed by atoms with E-state index in [9.17, 15) is 9.90 Å². The Morgan fingerprint density at radius 3 is 3.06 bits per heavy atom. The molecule has 1 amide bonds. The molecule has 0 radical (unpaired) electrons. The largest absolute Gasteiger partial charge is 0.388 e. The van der Waals surface area contributed by atoms with Crippen LogP contribution in [0.25, 0.3) is 0 Å². The Balaban J connectivity index is 1.88. The van der Waals surface area contributed by atoms with Crippen LogP contribution in [0.3, 0.4) is 0 Å². The van der Waals surface area contributed by atoms with E-state index in [1.54, 1.807) is 0 Å². The molecule has 1 fully saturated rings. The van der Waals surface area contributed by atoms with Crippen LogP contribution in [0.1, 0.15) is 37.9 Å². The molecule has 0 aliphatic heterocycles. The molecule has 1 aliphatic carbocycles. The number of nitrogens with one attached hydrogen (secondary N) is 1. The number of rotatable bonds is 5. The maximum absolute atomic E-state index is 11.5. The van der Waals surface area contributed by atoms with Gasteiger partial charge >= 0.3 is 0 Å². The van der Waals surface area contributed by atoms with E-state index in [0.29, 0.717) is 19.0 Å². The molecule has 4 heteroatoms. The third-order valence-electron chi connectivity index (χ3n) is 2.81. The maximum atomic E-state index is 11.5. The summed E-state index contributed by atoms with van der Waals surface area (Å²) in [5, 5.41) is 12.6. The zero-order valence-electron chi connectivity index (χ0n) is 9.52. The Kier molecular flexibility index (Phi) is 3.29. The van der Waals surface area contributed by atoms with Crippen LogP contribution < -0.4 is 5.32 Å². The molecular weight excluding hydrogens is 204 g/mol. The standard InChI is InChI=1S/C12H18N2O2/c1-2-11(15)9-5-6-14(7-9)8-12(16)13-10-3-4-10/h5-7,10-11,15H,2-4,8H2,1H3,(H,13,16). The first-order valence-corrected chi connectivity index (χ1v) is 5.82. The van der Waals surface area contributed by atoms with Crippen molar-refractivity contribution in [3.63, 3.8) is 0 Å². The summed E-state index contributed by atoms with van der Waals surface area (Å²) in [7, 11) is 0. The van der Waals surface area contributed by atoms with Crippen molar-refractivity contribution in [3.05, 3.63) is 24.0 Å². The normalized spacial score (nSPS) is 17.1. The van der Waals surface area contributed by atoms with Gasteiger partial charge in [0, 0.05) is 18.4 Å². The first-order valence-electron chi connectivity index (χ1n) is 5.82.